The molecular formula is C23H30N2O5S. The Kier molecular flexibility index (Phi) is 9.08. The van der Waals surface area contributed by atoms with Gasteiger partial charge in [-0.15, -0.1) is 6.58 Å². The van der Waals surface area contributed by atoms with Gasteiger partial charge >= 0.3 is 0 Å². The van der Waals surface area contributed by atoms with Crippen LogP contribution in [0.15, 0.2) is 61.2 Å². The predicted octanol–water partition coefficient (Wildman–Crippen LogP) is 3.25. The number of ether oxygens (including phenoxy) is 2. The average Bonchev–Trinajstić information content (AvgIpc) is 2.76. The third-order valence-electron chi connectivity index (χ3n) is 4.94. The predicted molar refractivity (Wildman–Crippen MR) is 121 cm³/mol. The molecule has 0 aromatic heterocycles. The molecule has 0 aliphatic rings. The van der Waals surface area contributed by atoms with E-state index in [4.69, 9.17) is 15.2 Å². The van der Waals surface area contributed by atoms with Crippen molar-refractivity contribution in [2.45, 2.75) is 37.6 Å². The van der Waals surface area contributed by atoms with Gasteiger partial charge in [0.2, 0.25) is 15.9 Å². The minimum atomic E-state index is -3.84. The summed E-state index contributed by atoms with van der Waals surface area (Å²) in [4.78, 5) is 11.6. The van der Waals surface area contributed by atoms with Gasteiger partial charge in [-0.2, -0.15) is 4.31 Å². The van der Waals surface area contributed by atoms with Gasteiger partial charge in [0.05, 0.1) is 19.5 Å². The number of nitrogens with zero attached hydrogens (tertiary/aromatic N) is 1. The first-order valence-corrected chi connectivity index (χ1v) is 11.4. The SMILES string of the molecule is C=CCC[C@@H](CC(N)=O)S(=O)(=O)N(Cc1ccc(OC)cc1)Cc1ccc(OC)cc1. The number of amides is 1. The van der Waals surface area contributed by atoms with Gasteiger partial charge in [-0.1, -0.05) is 30.3 Å². The Morgan fingerprint density at radius 3 is 1.81 bits per heavy atom. The van der Waals surface area contributed by atoms with Crippen LogP contribution in [-0.4, -0.2) is 38.1 Å². The van der Waals surface area contributed by atoms with Crippen LogP contribution in [0.2, 0.25) is 0 Å². The zero-order valence-electron chi connectivity index (χ0n) is 18.0. The fourth-order valence-corrected chi connectivity index (χ4v) is 5.09. The number of benzene rings is 2. The van der Waals surface area contributed by atoms with Gasteiger partial charge in [0, 0.05) is 19.5 Å². The van der Waals surface area contributed by atoms with Crippen LogP contribution in [0.4, 0.5) is 0 Å². The molecule has 0 aliphatic carbocycles. The van der Waals surface area contributed by atoms with E-state index in [9.17, 15) is 13.2 Å². The highest BCUT2D eigenvalue weighted by molar-refractivity contribution is 7.89. The van der Waals surface area contributed by atoms with Crippen LogP contribution in [0.3, 0.4) is 0 Å². The van der Waals surface area contributed by atoms with Crippen LogP contribution in [0.25, 0.3) is 0 Å². The first kappa shape index (κ1) is 24.4. The average molecular weight is 447 g/mol. The number of carbonyl (C=O) groups excluding carboxylic acids is 1. The summed E-state index contributed by atoms with van der Waals surface area (Å²) < 4.78 is 38.9. The third kappa shape index (κ3) is 7.11. The highest BCUT2D eigenvalue weighted by Gasteiger charge is 2.33. The molecule has 0 bridgehead atoms. The standard InChI is InChI=1S/C23H30N2O5S/c1-4-5-6-22(15-23(24)26)31(27,28)25(16-18-7-11-20(29-2)12-8-18)17-19-9-13-21(30-3)14-10-19/h4,7-14,22H,1,5-6,15-17H2,2-3H3,(H2,24,26)/t22-/m0/s1. The van der Waals surface area contributed by atoms with Crippen molar-refractivity contribution in [2.75, 3.05) is 14.2 Å². The van der Waals surface area contributed by atoms with Gasteiger partial charge < -0.3 is 15.2 Å². The van der Waals surface area contributed by atoms with Crippen molar-refractivity contribution < 1.29 is 22.7 Å². The molecule has 2 rings (SSSR count). The fourth-order valence-electron chi connectivity index (χ4n) is 3.20. The van der Waals surface area contributed by atoms with E-state index in [-0.39, 0.29) is 25.9 Å². The smallest absolute Gasteiger partial charge is 0.218 e. The fraction of sp³-hybridized carbons (Fsp3) is 0.348. The van der Waals surface area contributed by atoms with Gasteiger partial charge in [0.15, 0.2) is 0 Å². The van der Waals surface area contributed by atoms with Crippen LogP contribution >= 0.6 is 0 Å². The Hall–Kier alpha value is -2.84. The summed E-state index contributed by atoms with van der Waals surface area (Å²) in [5, 5.41) is -0.917. The van der Waals surface area contributed by atoms with E-state index < -0.39 is 21.2 Å². The molecule has 2 aromatic carbocycles. The maximum absolute atomic E-state index is 13.6. The Labute approximate surface area is 184 Å². The number of primary amides is 1. The molecule has 0 aliphatic heterocycles. The van der Waals surface area contributed by atoms with Crippen LogP contribution in [-0.2, 0) is 27.9 Å². The number of hydrogen-bond donors (Lipinski definition) is 1. The topological polar surface area (TPSA) is 98.9 Å². The minimum absolute atomic E-state index is 0.154. The molecule has 0 unspecified atom stereocenters. The summed E-state index contributed by atoms with van der Waals surface area (Å²) in [6, 6.07) is 14.4. The first-order valence-electron chi connectivity index (χ1n) is 9.94. The van der Waals surface area contributed by atoms with Crippen molar-refractivity contribution in [3.8, 4) is 11.5 Å². The van der Waals surface area contributed by atoms with Crippen molar-refractivity contribution in [2.24, 2.45) is 5.73 Å². The van der Waals surface area contributed by atoms with Crippen molar-refractivity contribution in [1.82, 2.24) is 4.31 Å². The molecule has 2 N–H and O–H groups in total. The molecule has 168 valence electrons. The quantitative estimate of drug-likeness (QED) is 0.476. The lowest BCUT2D eigenvalue weighted by atomic mass is 10.2. The molecule has 0 saturated heterocycles. The second-order valence-corrected chi connectivity index (χ2v) is 9.38. The molecular weight excluding hydrogens is 416 g/mol. The maximum Gasteiger partial charge on any atom is 0.218 e. The van der Waals surface area contributed by atoms with Gasteiger partial charge in [0.1, 0.15) is 11.5 Å². The molecule has 31 heavy (non-hydrogen) atoms. The largest absolute Gasteiger partial charge is 0.497 e. The van der Waals surface area contributed by atoms with Crippen LogP contribution in [0, 0.1) is 0 Å². The summed E-state index contributed by atoms with van der Waals surface area (Å²) in [5.74, 6) is 0.725. The van der Waals surface area contributed by atoms with E-state index in [1.54, 1.807) is 44.6 Å². The van der Waals surface area contributed by atoms with E-state index in [0.717, 1.165) is 11.1 Å². The van der Waals surface area contributed by atoms with Gasteiger partial charge in [0.25, 0.3) is 0 Å². The second-order valence-electron chi connectivity index (χ2n) is 7.17. The number of allylic oxidation sites excluding steroid dienone is 1. The number of carbonyl (C=O) groups is 1. The maximum atomic E-state index is 13.6. The second kappa shape index (κ2) is 11.5. The van der Waals surface area contributed by atoms with Crippen molar-refractivity contribution in [1.29, 1.82) is 0 Å². The summed E-state index contributed by atoms with van der Waals surface area (Å²) in [6.07, 6.45) is 2.14. The highest BCUT2D eigenvalue weighted by atomic mass is 32.2. The van der Waals surface area contributed by atoms with Crippen LogP contribution in [0.5, 0.6) is 11.5 Å². The number of nitrogens with two attached hydrogens (primary N) is 1. The number of methoxy groups -OCH3 is 2. The Bertz CT molecular complexity index is 907. The van der Waals surface area contributed by atoms with Gasteiger partial charge in [-0.25, -0.2) is 8.42 Å². The molecule has 1 atom stereocenters. The zero-order chi connectivity index (χ0) is 22.9. The molecule has 0 radical (unpaired) electrons. The Morgan fingerprint density at radius 1 is 1.00 bits per heavy atom. The molecule has 0 saturated carbocycles. The van der Waals surface area contributed by atoms with E-state index in [0.29, 0.717) is 17.9 Å². The summed E-state index contributed by atoms with van der Waals surface area (Å²) in [6.45, 7) is 3.97. The van der Waals surface area contributed by atoms with Crippen molar-refractivity contribution >= 4 is 15.9 Å². The lowest BCUT2D eigenvalue weighted by Crippen LogP contribution is -2.40. The molecule has 0 spiro atoms. The molecule has 1 amide bonds. The number of hydrogen-bond acceptors (Lipinski definition) is 5. The van der Waals surface area contributed by atoms with E-state index in [1.807, 2.05) is 24.3 Å². The summed E-state index contributed by atoms with van der Waals surface area (Å²) in [5.41, 5.74) is 6.97. The summed E-state index contributed by atoms with van der Waals surface area (Å²) >= 11 is 0. The van der Waals surface area contributed by atoms with Gasteiger partial charge in [-0.05, 0) is 48.2 Å². The third-order valence-corrected chi connectivity index (χ3v) is 7.16. The van der Waals surface area contributed by atoms with Crippen molar-refractivity contribution in [3.63, 3.8) is 0 Å². The highest BCUT2D eigenvalue weighted by Crippen LogP contribution is 2.24. The van der Waals surface area contributed by atoms with Crippen LogP contribution in [0.1, 0.15) is 30.4 Å². The van der Waals surface area contributed by atoms with Crippen LogP contribution < -0.4 is 15.2 Å². The van der Waals surface area contributed by atoms with Gasteiger partial charge in [-0.3, -0.25) is 4.79 Å². The van der Waals surface area contributed by atoms with E-state index in [1.165, 1.54) is 4.31 Å². The number of rotatable bonds is 13. The van der Waals surface area contributed by atoms with E-state index in [2.05, 4.69) is 6.58 Å². The molecule has 0 heterocycles. The Balaban J connectivity index is 2.38. The lowest BCUT2D eigenvalue weighted by molar-refractivity contribution is -0.118. The van der Waals surface area contributed by atoms with E-state index >= 15 is 0 Å². The van der Waals surface area contributed by atoms with Crippen molar-refractivity contribution in [3.05, 3.63) is 72.3 Å². The lowest BCUT2D eigenvalue weighted by Gasteiger charge is -2.27. The first-order chi connectivity index (χ1) is 14.8. The molecule has 0 fully saturated rings. The normalized spacial score (nSPS) is 12.4. The molecule has 8 heteroatoms. The summed E-state index contributed by atoms with van der Waals surface area (Å²) in [7, 11) is -0.690. The Morgan fingerprint density at radius 2 is 1.45 bits per heavy atom. The monoisotopic (exact) mass is 446 g/mol. The minimum Gasteiger partial charge on any atom is -0.497 e. The molecule has 2 aromatic rings. The molecule has 7 nitrogen and oxygen atoms in total. The zero-order valence-corrected chi connectivity index (χ0v) is 18.8. The number of sulfonamides is 1.